The van der Waals surface area contributed by atoms with E-state index in [2.05, 4.69) is 38.1 Å². The van der Waals surface area contributed by atoms with Crippen LogP contribution in [0.4, 0.5) is 0 Å². The highest BCUT2D eigenvalue weighted by molar-refractivity contribution is 5.46. The summed E-state index contributed by atoms with van der Waals surface area (Å²) >= 11 is 0. The second-order valence-electron chi connectivity index (χ2n) is 5.33. The van der Waals surface area contributed by atoms with Crippen LogP contribution in [0.5, 0.6) is 0 Å². The van der Waals surface area contributed by atoms with Gasteiger partial charge in [-0.3, -0.25) is 0 Å². The Morgan fingerprint density at radius 2 is 2.18 bits per heavy atom. The molecule has 1 atom stereocenters. The van der Waals surface area contributed by atoms with Gasteiger partial charge in [-0.05, 0) is 48.6 Å². The third kappa shape index (κ3) is 2.88. The van der Waals surface area contributed by atoms with E-state index >= 15 is 0 Å². The van der Waals surface area contributed by atoms with E-state index in [1.807, 2.05) is 0 Å². The zero-order valence-electron chi connectivity index (χ0n) is 10.9. The first kappa shape index (κ1) is 12.2. The molecule has 2 rings (SSSR count). The van der Waals surface area contributed by atoms with Crippen molar-refractivity contribution in [3.8, 4) is 6.07 Å². The summed E-state index contributed by atoms with van der Waals surface area (Å²) in [5, 5.41) is 9.40. The van der Waals surface area contributed by atoms with Crippen LogP contribution in [-0.4, -0.2) is 0 Å². The van der Waals surface area contributed by atoms with Gasteiger partial charge in [-0.2, -0.15) is 5.26 Å². The van der Waals surface area contributed by atoms with Crippen molar-refractivity contribution in [2.75, 3.05) is 0 Å². The number of hydrogen-bond acceptors (Lipinski definition) is 1. The summed E-state index contributed by atoms with van der Waals surface area (Å²) in [6, 6.07) is 8.83. The molecule has 1 saturated carbocycles. The van der Waals surface area contributed by atoms with Gasteiger partial charge in [0.2, 0.25) is 0 Å². The molecule has 0 N–H and O–H groups in total. The van der Waals surface area contributed by atoms with Gasteiger partial charge in [-0.25, -0.2) is 0 Å². The lowest BCUT2D eigenvalue weighted by Gasteiger charge is -2.15. The fraction of sp³-hybridized carbons (Fsp3) is 0.562. The van der Waals surface area contributed by atoms with Gasteiger partial charge in [-0.1, -0.05) is 38.5 Å². The van der Waals surface area contributed by atoms with Gasteiger partial charge in [0, 0.05) is 0 Å². The molecule has 0 radical (unpaired) electrons. The van der Waals surface area contributed by atoms with Crippen molar-refractivity contribution in [3.63, 3.8) is 0 Å². The van der Waals surface area contributed by atoms with Crippen LogP contribution in [0.1, 0.15) is 62.1 Å². The zero-order chi connectivity index (χ0) is 12.3. The minimum atomic E-state index is 0.508. The van der Waals surface area contributed by atoms with Crippen molar-refractivity contribution in [2.24, 2.45) is 5.92 Å². The molecule has 1 aromatic carbocycles. The van der Waals surface area contributed by atoms with Crippen LogP contribution in [0.25, 0.3) is 0 Å². The Balaban J connectivity index is 2.27. The molecule has 0 amide bonds. The van der Waals surface area contributed by atoms with Crippen molar-refractivity contribution in [2.45, 2.75) is 51.9 Å². The molecule has 90 valence electrons. The van der Waals surface area contributed by atoms with Gasteiger partial charge in [-0.15, -0.1) is 0 Å². The lowest BCUT2D eigenvalue weighted by molar-refractivity contribution is 0.661. The minimum Gasteiger partial charge on any atom is -0.192 e. The maximum Gasteiger partial charge on any atom is 0.0997 e. The molecule has 0 aliphatic heterocycles. The molecule has 1 nitrogen and oxygen atoms in total. The number of nitrogens with zero attached hydrogens (tertiary/aromatic N) is 1. The van der Waals surface area contributed by atoms with Crippen LogP contribution in [0.3, 0.4) is 0 Å². The summed E-state index contributed by atoms with van der Waals surface area (Å²) < 4.78 is 0. The highest BCUT2D eigenvalue weighted by Gasteiger charge is 2.23. The molecule has 1 aromatic rings. The van der Waals surface area contributed by atoms with E-state index in [4.69, 9.17) is 0 Å². The first-order valence-electron chi connectivity index (χ1n) is 6.78. The molecule has 0 bridgehead atoms. The van der Waals surface area contributed by atoms with Crippen LogP contribution in [0.15, 0.2) is 18.2 Å². The number of hydrogen-bond donors (Lipinski definition) is 0. The molecular weight excluding hydrogens is 206 g/mol. The van der Waals surface area contributed by atoms with Crippen molar-refractivity contribution in [3.05, 3.63) is 34.9 Å². The third-order valence-electron chi connectivity index (χ3n) is 3.75. The van der Waals surface area contributed by atoms with E-state index in [1.54, 1.807) is 0 Å². The normalized spacial score (nSPS) is 16.5. The average molecular weight is 227 g/mol. The Hall–Kier alpha value is -1.29. The minimum absolute atomic E-state index is 0.508. The highest BCUT2D eigenvalue weighted by Crippen LogP contribution is 2.35. The number of nitriles is 1. The van der Waals surface area contributed by atoms with Crippen molar-refractivity contribution < 1.29 is 0 Å². The van der Waals surface area contributed by atoms with Crippen LogP contribution in [0, 0.1) is 17.2 Å². The molecule has 1 aliphatic carbocycles. The maximum absolute atomic E-state index is 9.40. The number of benzene rings is 1. The SMILES string of the molecule is CCCC(C)c1cccc(CC2CC2)c1C#N. The van der Waals surface area contributed by atoms with Gasteiger partial charge in [0.25, 0.3) is 0 Å². The Kier molecular flexibility index (Phi) is 3.84. The smallest absolute Gasteiger partial charge is 0.0997 e. The lowest BCUT2D eigenvalue weighted by Crippen LogP contribution is -2.01. The van der Waals surface area contributed by atoms with E-state index in [1.165, 1.54) is 36.8 Å². The summed E-state index contributed by atoms with van der Waals surface area (Å²) in [4.78, 5) is 0. The van der Waals surface area contributed by atoms with Crippen LogP contribution >= 0.6 is 0 Å². The summed E-state index contributed by atoms with van der Waals surface area (Å²) in [5.41, 5.74) is 3.49. The zero-order valence-corrected chi connectivity index (χ0v) is 10.9. The maximum atomic E-state index is 9.40. The second kappa shape index (κ2) is 5.36. The summed E-state index contributed by atoms with van der Waals surface area (Å²) in [6.45, 7) is 4.44. The molecule has 0 heterocycles. The highest BCUT2D eigenvalue weighted by atomic mass is 14.3. The first-order valence-corrected chi connectivity index (χ1v) is 6.78. The van der Waals surface area contributed by atoms with Crippen LogP contribution < -0.4 is 0 Å². The second-order valence-corrected chi connectivity index (χ2v) is 5.33. The van der Waals surface area contributed by atoms with Crippen molar-refractivity contribution in [1.29, 1.82) is 5.26 Å². The van der Waals surface area contributed by atoms with E-state index in [9.17, 15) is 5.26 Å². The Bertz CT molecular complexity index is 424. The van der Waals surface area contributed by atoms with Gasteiger partial charge in [0.05, 0.1) is 11.6 Å². The van der Waals surface area contributed by atoms with E-state index < -0.39 is 0 Å². The molecule has 1 aliphatic rings. The monoisotopic (exact) mass is 227 g/mol. The lowest BCUT2D eigenvalue weighted by atomic mass is 9.89. The molecule has 0 aromatic heterocycles. The Morgan fingerprint density at radius 3 is 2.76 bits per heavy atom. The van der Waals surface area contributed by atoms with E-state index in [0.717, 1.165) is 17.9 Å². The quantitative estimate of drug-likeness (QED) is 0.730. The van der Waals surface area contributed by atoms with Crippen LogP contribution in [0.2, 0.25) is 0 Å². The Morgan fingerprint density at radius 1 is 1.41 bits per heavy atom. The molecule has 17 heavy (non-hydrogen) atoms. The van der Waals surface area contributed by atoms with Gasteiger partial charge >= 0.3 is 0 Å². The van der Waals surface area contributed by atoms with E-state index in [-0.39, 0.29) is 0 Å². The summed E-state index contributed by atoms with van der Waals surface area (Å²) in [5.74, 6) is 1.35. The summed E-state index contributed by atoms with van der Waals surface area (Å²) in [6.07, 6.45) is 6.15. The fourth-order valence-corrected chi connectivity index (χ4v) is 2.56. The average Bonchev–Trinajstić information content (AvgIpc) is 3.13. The van der Waals surface area contributed by atoms with Crippen molar-refractivity contribution >= 4 is 0 Å². The fourth-order valence-electron chi connectivity index (χ4n) is 2.56. The van der Waals surface area contributed by atoms with Gasteiger partial charge in [0.1, 0.15) is 0 Å². The molecular formula is C16H21N. The van der Waals surface area contributed by atoms with Gasteiger partial charge in [0.15, 0.2) is 0 Å². The van der Waals surface area contributed by atoms with Crippen molar-refractivity contribution in [1.82, 2.24) is 0 Å². The van der Waals surface area contributed by atoms with Crippen LogP contribution in [-0.2, 0) is 6.42 Å². The summed E-state index contributed by atoms with van der Waals surface area (Å²) in [7, 11) is 0. The molecule has 1 fully saturated rings. The molecule has 0 spiro atoms. The predicted octanol–water partition coefficient (Wildman–Crippen LogP) is 4.41. The third-order valence-corrected chi connectivity index (χ3v) is 3.75. The molecule has 1 unspecified atom stereocenters. The largest absolute Gasteiger partial charge is 0.192 e. The first-order chi connectivity index (χ1) is 8.26. The standard InChI is InChI=1S/C16H21N/c1-3-5-12(2)15-7-4-6-14(16(15)11-17)10-13-8-9-13/h4,6-7,12-13H,3,5,8-10H2,1-2H3. The molecule has 1 heteroatoms. The molecule has 0 saturated heterocycles. The number of rotatable bonds is 5. The van der Waals surface area contributed by atoms with E-state index in [0.29, 0.717) is 5.92 Å². The predicted molar refractivity (Wildman–Crippen MR) is 70.9 cm³/mol. The van der Waals surface area contributed by atoms with Gasteiger partial charge < -0.3 is 0 Å². The Labute approximate surface area is 104 Å². The topological polar surface area (TPSA) is 23.8 Å².